The summed E-state index contributed by atoms with van der Waals surface area (Å²) in [5.74, 6) is -0.683. The highest BCUT2D eigenvalue weighted by molar-refractivity contribution is 6.27. The quantitative estimate of drug-likeness (QED) is 0.567. The lowest BCUT2D eigenvalue weighted by atomic mass is 10.1. The van der Waals surface area contributed by atoms with Crippen LogP contribution in [0.3, 0.4) is 0 Å². The summed E-state index contributed by atoms with van der Waals surface area (Å²) in [6.45, 7) is -0.366. The number of carbonyl (C=O) groups excluding carboxylic acids is 1. The number of aliphatic hydroxyl groups is 2. The minimum Gasteiger partial charge on any atom is -0.459 e. The number of aliphatic hydroxyl groups excluding tert-OH is 2. The molecule has 1 aliphatic heterocycles. The molecule has 0 radical (unpaired) electrons. The number of pyridine rings is 1. The maximum Gasteiger partial charge on any atom is 0.339 e. The van der Waals surface area contributed by atoms with Crippen LogP contribution in [0.15, 0.2) is 45.8 Å². The van der Waals surface area contributed by atoms with E-state index in [4.69, 9.17) is 21.1 Å². The van der Waals surface area contributed by atoms with E-state index in [1.807, 2.05) is 0 Å². The van der Waals surface area contributed by atoms with Gasteiger partial charge >= 0.3 is 11.7 Å². The highest BCUT2D eigenvalue weighted by atomic mass is 35.5. The maximum absolute atomic E-state index is 12.1. The molecule has 148 valence electrons. The molecule has 0 spiro atoms. The molecule has 10 nitrogen and oxygen atoms in total. The van der Waals surface area contributed by atoms with Gasteiger partial charge in [0.1, 0.15) is 24.9 Å². The Hall–Kier alpha value is -2.79. The number of rotatable bonds is 5. The van der Waals surface area contributed by atoms with Gasteiger partial charge in [-0.15, -0.1) is 0 Å². The second-order valence-corrected chi connectivity index (χ2v) is 6.18. The summed E-state index contributed by atoms with van der Waals surface area (Å²) in [4.78, 5) is 41.6. The maximum atomic E-state index is 12.1. The van der Waals surface area contributed by atoms with Crippen LogP contribution >= 0.6 is 11.6 Å². The fraction of sp³-hybridized carbons (Fsp3) is 0.294. The SMILES string of the molecule is O=C(OCC1OC(n2cc(/C=C/Cl)c(=O)[nH]c2=O)C(O)C1O)c1cccnc1. The van der Waals surface area contributed by atoms with Crippen LogP contribution in [-0.4, -0.2) is 55.6 Å². The molecule has 3 N–H and O–H groups in total. The van der Waals surface area contributed by atoms with Crippen molar-refractivity contribution >= 4 is 23.6 Å². The predicted molar refractivity (Wildman–Crippen MR) is 96.7 cm³/mol. The van der Waals surface area contributed by atoms with Crippen LogP contribution in [-0.2, 0) is 9.47 Å². The molecule has 1 aliphatic rings. The highest BCUT2D eigenvalue weighted by Crippen LogP contribution is 2.28. The number of nitrogens with one attached hydrogen (secondary N) is 1. The zero-order valence-electron chi connectivity index (χ0n) is 14.3. The van der Waals surface area contributed by atoms with Gasteiger partial charge in [-0.3, -0.25) is 19.3 Å². The smallest absolute Gasteiger partial charge is 0.339 e. The fourth-order valence-corrected chi connectivity index (χ4v) is 2.83. The molecule has 1 fully saturated rings. The number of hydrogen-bond acceptors (Lipinski definition) is 8. The number of H-pyrrole nitrogens is 1. The lowest BCUT2D eigenvalue weighted by Gasteiger charge is -2.17. The van der Waals surface area contributed by atoms with Crippen molar-refractivity contribution < 1.29 is 24.5 Å². The van der Waals surface area contributed by atoms with Gasteiger partial charge in [-0.05, 0) is 18.2 Å². The highest BCUT2D eigenvalue weighted by Gasteiger charge is 2.44. The molecular formula is C17H16ClN3O7. The Kier molecular flexibility index (Phi) is 6.05. The Bertz CT molecular complexity index is 988. The first-order chi connectivity index (χ1) is 13.4. The Labute approximate surface area is 162 Å². The van der Waals surface area contributed by atoms with Gasteiger partial charge in [0.05, 0.1) is 11.1 Å². The van der Waals surface area contributed by atoms with E-state index in [0.29, 0.717) is 0 Å². The average Bonchev–Trinajstić information content (AvgIpc) is 2.97. The summed E-state index contributed by atoms with van der Waals surface area (Å²) in [6.07, 6.45) is -0.118. The van der Waals surface area contributed by atoms with Crippen molar-refractivity contribution in [1.29, 1.82) is 0 Å². The molecule has 0 aromatic carbocycles. The van der Waals surface area contributed by atoms with Gasteiger partial charge in [-0.25, -0.2) is 9.59 Å². The first-order valence-electron chi connectivity index (χ1n) is 8.13. The van der Waals surface area contributed by atoms with Crippen molar-refractivity contribution in [3.05, 3.63) is 68.2 Å². The van der Waals surface area contributed by atoms with E-state index in [9.17, 15) is 24.6 Å². The molecule has 0 saturated carbocycles. The first kappa shape index (κ1) is 20.0. The molecule has 2 aromatic heterocycles. The molecule has 3 heterocycles. The minimum atomic E-state index is -1.50. The summed E-state index contributed by atoms with van der Waals surface area (Å²) >= 11 is 5.46. The monoisotopic (exact) mass is 409 g/mol. The molecule has 3 rings (SSSR count). The van der Waals surface area contributed by atoms with Crippen molar-refractivity contribution in [2.24, 2.45) is 0 Å². The number of aromatic nitrogens is 3. The van der Waals surface area contributed by atoms with Crippen molar-refractivity contribution in [1.82, 2.24) is 14.5 Å². The lowest BCUT2D eigenvalue weighted by Crippen LogP contribution is -2.38. The molecule has 1 saturated heterocycles. The summed E-state index contributed by atoms with van der Waals surface area (Å²) in [7, 11) is 0. The number of carbonyl (C=O) groups is 1. The second kappa shape index (κ2) is 8.48. The van der Waals surface area contributed by atoms with Gasteiger partial charge in [-0.2, -0.15) is 0 Å². The molecule has 0 aliphatic carbocycles. The van der Waals surface area contributed by atoms with Gasteiger partial charge in [0.2, 0.25) is 0 Å². The standard InChI is InChI=1S/C17H16ClN3O7/c18-4-3-10-7-21(17(26)20-14(10)24)15-13(23)12(22)11(28-15)8-27-16(25)9-2-1-5-19-6-9/h1-7,11-13,15,22-23H,8H2,(H,20,24,26)/b4-3+. The Morgan fingerprint density at radius 3 is 2.86 bits per heavy atom. The third-order valence-electron chi connectivity index (χ3n) is 4.13. The normalized spacial score (nSPS) is 24.5. The van der Waals surface area contributed by atoms with E-state index < -0.39 is 41.8 Å². The van der Waals surface area contributed by atoms with Gasteiger partial charge < -0.3 is 19.7 Å². The van der Waals surface area contributed by atoms with Crippen LogP contribution in [0.4, 0.5) is 0 Å². The fourth-order valence-electron chi connectivity index (χ4n) is 2.70. The van der Waals surface area contributed by atoms with Crippen LogP contribution in [0.25, 0.3) is 6.08 Å². The van der Waals surface area contributed by atoms with E-state index >= 15 is 0 Å². The van der Waals surface area contributed by atoms with Crippen molar-refractivity contribution in [3.63, 3.8) is 0 Å². The molecular weight excluding hydrogens is 394 g/mol. The molecule has 28 heavy (non-hydrogen) atoms. The first-order valence-corrected chi connectivity index (χ1v) is 8.57. The van der Waals surface area contributed by atoms with Gasteiger partial charge in [0.15, 0.2) is 6.23 Å². The summed E-state index contributed by atoms with van der Waals surface area (Å²) in [5.41, 5.74) is -0.178. The number of halogens is 1. The number of ether oxygens (including phenoxy) is 2. The molecule has 0 bridgehead atoms. The Morgan fingerprint density at radius 1 is 1.39 bits per heavy atom. The van der Waals surface area contributed by atoms with Crippen molar-refractivity contribution in [3.8, 4) is 0 Å². The zero-order chi connectivity index (χ0) is 20.3. The molecule has 4 atom stereocenters. The van der Waals surface area contributed by atoms with Crippen LogP contribution in [0, 0.1) is 0 Å². The Morgan fingerprint density at radius 2 is 2.18 bits per heavy atom. The van der Waals surface area contributed by atoms with Crippen LogP contribution in [0.1, 0.15) is 22.1 Å². The van der Waals surface area contributed by atoms with Gasteiger partial charge in [0.25, 0.3) is 5.56 Å². The summed E-state index contributed by atoms with van der Waals surface area (Å²) < 4.78 is 11.5. The number of nitrogens with zero attached hydrogens (tertiary/aromatic N) is 2. The molecule has 4 unspecified atom stereocenters. The third-order valence-corrected chi connectivity index (χ3v) is 4.25. The second-order valence-electron chi connectivity index (χ2n) is 5.93. The van der Waals surface area contributed by atoms with E-state index in [0.717, 1.165) is 16.3 Å². The molecule has 11 heteroatoms. The molecule has 0 amide bonds. The largest absolute Gasteiger partial charge is 0.459 e. The predicted octanol–water partition coefficient (Wildman–Crippen LogP) is -0.383. The van der Waals surface area contributed by atoms with Gasteiger partial charge in [-0.1, -0.05) is 11.6 Å². The van der Waals surface area contributed by atoms with E-state index in [1.165, 1.54) is 24.5 Å². The average molecular weight is 410 g/mol. The van der Waals surface area contributed by atoms with Crippen LogP contribution in [0.2, 0.25) is 0 Å². The van der Waals surface area contributed by atoms with Crippen molar-refractivity contribution in [2.45, 2.75) is 24.5 Å². The summed E-state index contributed by atoms with van der Waals surface area (Å²) in [5, 5.41) is 20.4. The zero-order valence-corrected chi connectivity index (χ0v) is 15.0. The van der Waals surface area contributed by atoms with E-state index in [1.54, 1.807) is 6.07 Å². The van der Waals surface area contributed by atoms with E-state index in [2.05, 4.69) is 9.97 Å². The Balaban J connectivity index is 1.76. The number of aromatic amines is 1. The van der Waals surface area contributed by atoms with Crippen LogP contribution in [0.5, 0.6) is 0 Å². The lowest BCUT2D eigenvalue weighted by molar-refractivity contribution is -0.0599. The minimum absolute atomic E-state index is 0.0475. The third kappa shape index (κ3) is 4.04. The van der Waals surface area contributed by atoms with Crippen LogP contribution < -0.4 is 11.2 Å². The number of hydrogen-bond donors (Lipinski definition) is 3. The van der Waals surface area contributed by atoms with Gasteiger partial charge in [0, 0.05) is 24.1 Å². The summed E-state index contributed by atoms with van der Waals surface area (Å²) in [6, 6.07) is 3.07. The van der Waals surface area contributed by atoms with Crippen molar-refractivity contribution in [2.75, 3.05) is 6.61 Å². The number of esters is 1. The topological polar surface area (TPSA) is 144 Å². The van der Waals surface area contributed by atoms with E-state index in [-0.39, 0.29) is 17.7 Å². The molecule has 2 aromatic rings.